The fourth-order valence-electron chi connectivity index (χ4n) is 3.10. The summed E-state index contributed by atoms with van der Waals surface area (Å²) in [7, 11) is 0. The second-order valence-electron chi connectivity index (χ2n) is 5.54. The van der Waals surface area contributed by atoms with Gasteiger partial charge in [-0.25, -0.2) is 0 Å². The molecule has 1 N–H and O–H groups in total. The zero-order valence-corrected chi connectivity index (χ0v) is 12.2. The molecule has 4 nitrogen and oxygen atoms in total. The monoisotopic (exact) mass is 275 g/mol. The molecular formula is C16H21NO3. The molecule has 20 heavy (non-hydrogen) atoms. The molecule has 0 bridgehead atoms. The molecule has 0 radical (unpaired) electrons. The zero-order chi connectivity index (χ0) is 14.9. The Bertz CT molecular complexity index is 524. The van der Waals surface area contributed by atoms with Gasteiger partial charge in [-0.05, 0) is 31.4 Å². The average Bonchev–Trinajstić information content (AvgIpc) is 2.76. The van der Waals surface area contributed by atoms with E-state index in [1.807, 2.05) is 45.0 Å². The smallest absolute Gasteiger partial charge is 0.309 e. The molecule has 0 aromatic heterocycles. The highest BCUT2D eigenvalue weighted by Gasteiger charge is 2.46. The van der Waals surface area contributed by atoms with Crippen LogP contribution in [0.15, 0.2) is 24.3 Å². The van der Waals surface area contributed by atoms with E-state index in [1.54, 1.807) is 4.90 Å². The van der Waals surface area contributed by atoms with Gasteiger partial charge in [-0.2, -0.15) is 0 Å². The molecule has 0 spiro atoms. The van der Waals surface area contributed by atoms with Crippen LogP contribution in [0.4, 0.5) is 0 Å². The van der Waals surface area contributed by atoms with E-state index >= 15 is 0 Å². The summed E-state index contributed by atoms with van der Waals surface area (Å²) in [4.78, 5) is 25.4. The first-order chi connectivity index (χ1) is 9.47. The van der Waals surface area contributed by atoms with Crippen molar-refractivity contribution in [3.63, 3.8) is 0 Å². The third-order valence-corrected chi connectivity index (χ3v) is 3.99. The van der Waals surface area contributed by atoms with E-state index in [2.05, 4.69) is 0 Å². The van der Waals surface area contributed by atoms with Gasteiger partial charge in [0.25, 0.3) is 0 Å². The number of hydrogen-bond donors (Lipinski definition) is 1. The van der Waals surface area contributed by atoms with E-state index in [-0.39, 0.29) is 24.4 Å². The van der Waals surface area contributed by atoms with Crippen LogP contribution in [0.3, 0.4) is 0 Å². The van der Waals surface area contributed by atoms with Gasteiger partial charge in [0.1, 0.15) is 0 Å². The lowest BCUT2D eigenvalue weighted by Crippen LogP contribution is -2.36. The number of carboxylic acid groups (broad SMARTS) is 1. The zero-order valence-electron chi connectivity index (χ0n) is 12.2. The number of nitrogens with zero attached hydrogens (tertiary/aromatic N) is 1. The van der Waals surface area contributed by atoms with E-state index in [0.29, 0.717) is 0 Å². The quantitative estimate of drug-likeness (QED) is 0.919. The largest absolute Gasteiger partial charge is 0.481 e. The number of amides is 1. The molecule has 1 heterocycles. The fourth-order valence-corrected chi connectivity index (χ4v) is 3.10. The Labute approximate surface area is 119 Å². The van der Waals surface area contributed by atoms with Crippen LogP contribution in [0.5, 0.6) is 0 Å². The van der Waals surface area contributed by atoms with Crippen LogP contribution in [-0.2, 0) is 16.0 Å². The summed E-state index contributed by atoms with van der Waals surface area (Å²) >= 11 is 0. The fraction of sp³-hybridized carbons (Fsp3) is 0.500. The van der Waals surface area contributed by atoms with Gasteiger partial charge in [0, 0.05) is 12.5 Å². The standard InChI is InChI=1S/C16H21NO3/c1-4-11-7-5-6-8-12(11)15-13(16(19)20)9-14(18)17(15)10(2)3/h5-8,10,13,15H,4,9H2,1-3H3,(H,19,20). The van der Waals surface area contributed by atoms with E-state index in [1.165, 1.54) is 0 Å². The van der Waals surface area contributed by atoms with Crippen molar-refractivity contribution in [3.8, 4) is 0 Å². The van der Waals surface area contributed by atoms with Gasteiger partial charge < -0.3 is 10.0 Å². The molecular weight excluding hydrogens is 254 g/mol. The van der Waals surface area contributed by atoms with Crippen molar-refractivity contribution in [2.75, 3.05) is 0 Å². The van der Waals surface area contributed by atoms with Gasteiger partial charge in [0.05, 0.1) is 12.0 Å². The van der Waals surface area contributed by atoms with E-state index in [4.69, 9.17) is 0 Å². The van der Waals surface area contributed by atoms with Gasteiger partial charge in [-0.15, -0.1) is 0 Å². The van der Waals surface area contributed by atoms with Gasteiger partial charge >= 0.3 is 5.97 Å². The van der Waals surface area contributed by atoms with Crippen LogP contribution < -0.4 is 0 Å². The van der Waals surface area contributed by atoms with Crippen molar-refractivity contribution in [2.45, 2.75) is 45.7 Å². The Morgan fingerprint density at radius 3 is 2.60 bits per heavy atom. The molecule has 108 valence electrons. The predicted molar refractivity (Wildman–Crippen MR) is 76.3 cm³/mol. The summed E-state index contributed by atoms with van der Waals surface area (Å²) in [6, 6.07) is 7.48. The molecule has 4 heteroatoms. The SMILES string of the molecule is CCc1ccccc1C1C(C(=O)O)CC(=O)N1C(C)C. The van der Waals surface area contributed by atoms with Crippen molar-refractivity contribution in [1.29, 1.82) is 0 Å². The van der Waals surface area contributed by atoms with Crippen LogP contribution >= 0.6 is 0 Å². The van der Waals surface area contributed by atoms with Gasteiger partial charge in [-0.3, -0.25) is 9.59 Å². The highest BCUT2D eigenvalue weighted by molar-refractivity contribution is 5.87. The maximum atomic E-state index is 12.2. The number of aryl methyl sites for hydroxylation is 1. The van der Waals surface area contributed by atoms with Gasteiger partial charge in [-0.1, -0.05) is 31.2 Å². The number of carbonyl (C=O) groups excluding carboxylic acids is 1. The van der Waals surface area contributed by atoms with Crippen LogP contribution in [0, 0.1) is 5.92 Å². The second kappa shape index (κ2) is 5.65. The van der Waals surface area contributed by atoms with E-state index in [0.717, 1.165) is 17.5 Å². The Hall–Kier alpha value is -1.84. The maximum Gasteiger partial charge on any atom is 0.309 e. The number of aliphatic carboxylic acids is 1. The lowest BCUT2D eigenvalue weighted by atomic mass is 9.89. The van der Waals surface area contributed by atoms with Gasteiger partial charge in [0.15, 0.2) is 0 Å². The van der Waals surface area contributed by atoms with Crippen LogP contribution in [0.1, 0.15) is 44.4 Å². The number of carbonyl (C=O) groups is 2. The Balaban J connectivity index is 2.52. The number of benzene rings is 1. The number of carboxylic acids is 1. The van der Waals surface area contributed by atoms with Crippen LogP contribution in [0.2, 0.25) is 0 Å². The third-order valence-electron chi connectivity index (χ3n) is 3.99. The molecule has 1 aliphatic heterocycles. The lowest BCUT2D eigenvalue weighted by Gasteiger charge is -2.32. The first-order valence-corrected chi connectivity index (χ1v) is 7.09. The summed E-state index contributed by atoms with van der Waals surface area (Å²) in [6.45, 7) is 5.92. The minimum Gasteiger partial charge on any atom is -0.481 e. The minimum absolute atomic E-state index is 0.00163. The second-order valence-corrected chi connectivity index (χ2v) is 5.54. The Kier molecular flexibility index (Phi) is 4.12. The van der Waals surface area contributed by atoms with Crippen LogP contribution in [-0.4, -0.2) is 27.9 Å². The summed E-state index contributed by atoms with van der Waals surface area (Å²) in [5.41, 5.74) is 2.09. The number of rotatable bonds is 4. The molecule has 2 rings (SSSR count). The van der Waals surface area contributed by atoms with E-state index < -0.39 is 11.9 Å². The normalized spacial score (nSPS) is 22.6. The molecule has 1 fully saturated rings. The minimum atomic E-state index is -0.891. The predicted octanol–water partition coefficient (Wildman–Crippen LogP) is 2.63. The maximum absolute atomic E-state index is 12.2. The molecule has 2 atom stereocenters. The van der Waals surface area contributed by atoms with Crippen molar-refractivity contribution >= 4 is 11.9 Å². The van der Waals surface area contributed by atoms with Crippen molar-refractivity contribution < 1.29 is 14.7 Å². The molecule has 1 aliphatic rings. The molecule has 0 saturated carbocycles. The highest BCUT2D eigenvalue weighted by Crippen LogP contribution is 2.40. The number of hydrogen-bond acceptors (Lipinski definition) is 2. The molecule has 1 amide bonds. The first-order valence-electron chi connectivity index (χ1n) is 7.09. The molecule has 1 saturated heterocycles. The highest BCUT2D eigenvalue weighted by atomic mass is 16.4. The average molecular weight is 275 g/mol. The van der Waals surface area contributed by atoms with Gasteiger partial charge in [0.2, 0.25) is 5.91 Å². The Morgan fingerprint density at radius 1 is 1.40 bits per heavy atom. The van der Waals surface area contributed by atoms with Crippen LogP contribution in [0.25, 0.3) is 0 Å². The topological polar surface area (TPSA) is 57.6 Å². The molecule has 1 aromatic rings. The summed E-state index contributed by atoms with van der Waals surface area (Å²) in [6.07, 6.45) is 0.926. The number of likely N-dealkylation sites (tertiary alicyclic amines) is 1. The third kappa shape index (κ3) is 2.42. The molecule has 0 aliphatic carbocycles. The lowest BCUT2D eigenvalue weighted by molar-refractivity contribution is -0.142. The molecule has 2 unspecified atom stereocenters. The summed E-state index contributed by atoms with van der Waals surface area (Å²) in [5.74, 6) is -1.61. The molecule has 1 aromatic carbocycles. The van der Waals surface area contributed by atoms with Crippen molar-refractivity contribution in [3.05, 3.63) is 35.4 Å². The van der Waals surface area contributed by atoms with Crippen molar-refractivity contribution in [2.24, 2.45) is 5.92 Å². The Morgan fingerprint density at radius 2 is 2.05 bits per heavy atom. The summed E-state index contributed by atoms with van der Waals surface area (Å²) in [5, 5.41) is 9.45. The van der Waals surface area contributed by atoms with Crippen molar-refractivity contribution in [1.82, 2.24) is 4.90 Å². The first kappa shape index (κ1) is 14.6. The summed E-state index contributed by atoms with van der Waals surface area (Å²) < 4.78 is 0. The van der Waals surface area contributed by atoms with E-state index in [9.17, 15) is 14.7 Å².